The number of nitrogens with zero attached hydrogens (tertiary/aromatic N) is 4. The lowest BCUT2D eigenvalue weighted by Gasteiger charge is -2.18. The highest BCUT2D eigenvalue weighted by atomic mass is 19.2. The zero-order valence-corrected chi connectivity index (χ0v) is 26.7. The molecular formula is C34H38F3N5O4. The minimum atomic E-state index is -1.40. The minimum absolute atomic E-state index is 0.0458. The van der Waals surface area contributed by atoms with Gasteiger partial charge in [0.25, 0.3) is 0 Å². The summed E-state index contributed by atoms with van der Waals surface area (Å²) in [5.41, 5.74) is -1.28. The zero-order valence-electron chi connectivity index (χ0n) is 26.7. The van der Waals surface area contributed by atoms with Crippen LogP contribution in [0.3, 0.4) is 0 Å². The molecule has 5 aromatic rings. The lowest BCUT2D eigenvalue weighted by atomic mass is 10.0. The van der Waals surface area contributed by atoms with Crippen molar-refractivity contribution in [1.82, 2.24) is 19.1 Å². The van der Waals surface area contributed by atoms with Gasteiger partial charge in [0.15, 0.2) is 11.6 Å². The van der Waals surface area contributed by atoms with Crippen LogP contribution in [0.1, 0.15) is 58.6 Å². The molecule has 244 valence electrons. The van der Waals surface area contributed by atoms with Gasteiger partial charge in [-0.2, -0.15) is 4.98 Å². The summed E-state index contributed by atoms with van der Waals surface area (Å²) >= 11 is 0. The van der Waals surface area contributed by atoms with Crippen LogP contribution in [-0.4, -0.2) is 31.3 Å². The van der Waals surface area contributed by atoms with Gasteiger partial charge in [0.2, 0.25) is 5.95 Å². The second-order valence-corrected chi connectivity index (χ2v) is 9.82. The number of rotatable bonds is 8. The van der Waals surface area contributed by atoms with Crippen LogP contribution in [-0.2, 0) is 13.0 Å². The summed E-state index contributed by atoms with van der Waals surface area (Å²) in [6, 6.07) is 10.6. The molecule has 5 rings (SSSR count). The third-order valence-corrected chi connectivity index (χ3v) is 6.91. The number of ether oxygens (including phenoxy) is 1. The summed E-state index contributed by atoms with van der Waals surface area (Å²) in [5, 5.41) is 14.4. The van der Waals surface area contributed by atoms with Crippen LogP contribution < -0.4 is 21.4 Å². The molecule has 9 nitrogen and oxygen atoms in total. The molecule has 0 saturated heterocycles. The second-order valence-electron chi connectivity index (χ2n) is 9.82. The van der Waals surface area contributed by atoms with Crippen molar-refractivity contribution in [3.05, 3.63) is 110 Å². The Labute approximate surface area is 265 Å². The van der Waals surface area contributed by atoms with Gasteiger partial charge in [-0.3, -0.25) is 9.55 Å². The molecule has 0 saturated carbocycles. The predicted molar refractivity (Wildman–Crippen MR) is 174 cm³/mol. The van der Waals surface area contributed by atoms with Crippen LogP contribution in [0.4, 0.5) is 24.8 Å². The SMILES string of the molecule is CC.CCCC.CCc1cccc2cncc(-n3c(=O)nc(Nc4ccc(OC)cc4O)n(Cc4cc(F)c(F)cc4F)c3=O)c12. The van der Waals surface area contributed by atoms with Gasteiger partial charge in [-0.05, 0) is 30.2 Å². The number of phenols is 1. The Morgan fingerprint density at radius 1 is 0.891 bits per heavy atom. The van der Waals surface area contributed by atoms with Crippen molar-refractivity contribution in [2.75, 3.05) is 12.4 Å². The number of aromatic hydroxyl groups is 1. The fourth-order valence-corrected chi connectivity index (χ4v) is 4.41. The molecule has 0 atom stereocenters. The lowest BCUT2D eigenvalue weighted by molar-refractivity contribution is 0.408. The van der Waals surface area contributed by atoms with Crippen LogP contribution in [0, 0.1) is 17.5 Å². The molecule has 0 aliphatic heterocycles. The van der Waals surface area contributed by atoms with E-state index in [-0.39, 0.29) is 28.6 Å². The predicted octanol–water partition coefficient (Wildman–Crippen LogP) is 7.26. The smallest absolute Gasteiger partial charge is 0.359 e. The van der Waals surface area contributed by atoms with Gasteiger partial charge in [0.05, 0.1) is 31.2 Å². The van der Waals surface area contributed by atoms with Crippen molar-refractivity contribution in [3.63, 3.8) is 0 Å². The molecule has 0 bridgehead atoms. The number of halogens is 3. The van der Waals surface area contributed by atoms with Crippen molar-refractivity contribution < 1.29 is 23.0 Å². The average molecular weight is 638 g/mol. The van der Waals surface area contributed by atoms with Crippen molar-refractivity contribution in [3.8, 4) is 17.2 Å². The Morgan fingerprint density at radius 2 is 1.59 bits per heavy atom. The van der Waals surface area contributed by atoms with Crippen LogP contribution in [0.15, 0.2) is 70.5 Å². The maximum Gasteiger partial charge on any atom is 0.359 e. The van der Waals surface area contributed by atoms with Gasteiger partial charge in [0, 0.05) is 34.7 Å². The first-order chi connectivity index (χ1) is 22.1. The van der Waals surface area contributed by atoms with E-state index >= 15 is 0 Å². The number of hydrogen-bond acceptors (Lipinski definition) is 7. The molecule has 0 fully saturated rings. The lowest BCUT2D eigenvalue weighted by Crippen LogP contribution is -2.42. The van der Waals surface area contributed by atoms with Gasteiger partial charge in [-0.1, -0.05) is 65.7 Å². The summed E-state index contributed by atoms with van der Waals surface area (Å²) in [6.07, 6.45) is 6.16. The number of benzene rings is 3. The van der Waals surface area contributed by atoms with Gasteiger partial charge < -0.3 is 15.2 Å². The monoisotopic (exact) mass is 637 g/mol. The Bertz CT molecular complexity index is 1920. The quantitative estimate of drug-likeness (QED) is 0.136. The maximum absolute atomic E-state index is 14.7. The van der Waals surface area contributed by atoms with E-state index in [1.165, 1.54) is 44.3 Å². The normalized spacial score (nSPS) is 10.5. The van der Waals surface area contributed by atoms with E-state index in [0.29, 0.717) is 35.1 Å². The Balaban J connectivity index is 0.000000891. The number of methoxy groups -OCH3 is 1. The highest BCUT2D eigenvalue weighted by molar-refractivity contribution is 5.92. The third kappa shape index (κ3) is 7.74. The van der Waals surface area contributed by atoms with Crippen LogP contribution in [0.25, 0.3) is 16.5 Å². The number of anilines is 2. The average Bonchev–Trinajstić information content (AvgIpc) is 3.06. The van der Waals surface area contributed by atoms with E-state index in [0.717, 1.165) is 14.7 Å². The van der Waals surface area contributed by atoms with Crippen LogP contribution >= 0.6 is 0 Å². The van der Waals surface area contributed by atoms with E-state index < -0.39 is 35.4 Å². The Morgan fingerprint density at radius 3 is 2.22 bits per heavy atom. The maximum atomic E-state index is 14.7. The van der Waals surface area contributed by atoms with Gasteiger partial charge in [0.1, 0.15) is 17.3 Å². The fraction of sp³-hybridized carbons (Fsp3) is 0.294. The van der Waals surface area contributed by atoms with E-state index in [4.69, 9.17) is 4.74 Å². The first-order valence-corrected chi connectivity index (χ1v) is 15.0. The summed E-state index contributed by atoms with van der Waals surface area (Å²) in [7, 11) is 1.41. The molecule has 12 heteroatoms. The molecule has 0 amide bonds. The first kappa shape index (κ1) is 35.4. The molecule has 0 spiro atoms. The van der Waals surface area contributed by atoms with E-state index in [1.807, 2.05) is 32.9 Å². The number of fused-ring (bicyclic) bond motifs is 1. The number of nitrogens with one attached hydrogen (secondary N) is 1. The van der Waals surface area contributed by atoms with Crippen molar-refractivity contribution >= 4 is 22.4 Å². The number of pyridine rings is 1. The number of phenolic OH excluding ortho intramolecular Hbond substituents is 1. The Hall–Kier alpha value is -5.13. The third-order valence-electron chi connectivity index (χ3n) is 6.91. The van der Waals surface area contributed by atoms with Crippen molar-refractivity contribution in [2.24, 2.45) is 0 Å². The summed E-state index contributed by atoms with van der Waals surface area (Å²) in [5.74, 6) is -4.16. The largest absolute Gasteiger partial charge is 0.506 e. The van der Waals surface area contributed by atoms with Crippen molar-refractivity contribution in [1.29, 1.82) is 0 Å². The fourth-order valence-electron chi connectivity index (χ4n) is 4.41. The molecule has 2 aromatic heterocycles. The van der Waals surface area contributed by atoms with Gasteiger partial charge in [-0.15, -0.1) is 0 Å². The molecule has 0 radical (unpaired) electrons. The highest BCUT2D eigenvalue weighted by Crippen LogP contribution is 2.30. The molecular weight excluding hydrogens is 599 g/mol. The molecule has 0 aliphatic rings. The molecule has 2 N–H and O–H groups in total. The number of hydrogen-bond donors (Lipinski definition) is 2. The summed E-state index contributed by atoms with van der Waals surface area (Å²) < 4.78 is 49.0. The number of aromatic nitrogens is 4. The molecule has 2 heterocycles. The molecule has 46 heavy (non-hydrogen) atoms. The number of unbranched alkanes of at least 4 members (excludes halogenated alkanes) is 1. The second kappa shape index (κ2) is 16.3. The van der Waals surface area contributed by atoms with Crippen LogP contribution in [0.2, 0.25) is 0 Å². The summed E-state index contributed by atoms with van der Waals surface area (Å²) in [6.45, 7) is 9.64. The standard InChI is InChI=1S/C28H22F3N5O4.C4H10.C2H6/c1-3-15-5-4-6-16-12-32-13-23(25(15)16)36-27(38)34-26(33-22-8-7-18(40-2)10-24(22)37)35(28(36)39)14-17-9-20(30)21(31)11-19(17)29;1-3-4-2;1-2/h4-13,37H,3,14H2,1-2H3,(H,33,34,38);3-4H2,1-2H3;1-2H3. The van der Waals surface area contributed by atoms with Crippen LogP contribution in [0.5, 0.6) is 11.5 Å². The minimum Gasteiger partial charge on any atom is -0.506 e. The van der Waals surface area contributed by atoms with Crippen molar-refractivity contribution in [2.45, 2.75) is 60.4 Å². The highest BCUT2D eigenvalue weighted by Gasteiger charge is 2.21. The van der Waals surface area contributed by atoms with Gasteiger partial charge in [-0.25, -0.2) is 27.3 Å². The Kier molecular flexibility index (Phi) is 12.5. The van der Waals surface area contributed by atoms with E-state index in [2.05, 4.69) is 29.1 Å². The molecule has 0 aliphatic carbocycles. The zero-order chi connectivity index (χ0) is 34.0. The summed E-state index contributed by atoms with van der Waals surface area (Å²) in [4.78, 5) is 35.5. The van der Waals surface area contributed by atoms with Gasteiger partial charge >= 0.3 is 11.4 Å². The topological polar surface area (TPSA) is 111 Å². The molecule has 3 aromatic carbocycles. The molecule has 0 unspecified atom stereocenters. The van der Waals surface area contributed by atoms with E-state index in [1.54, 1.807) is 12.3 Å². The number of aryl methyl sites for hydroxylation is 1. The van der Waals surface area contributed by atoms with E-state index in [9.17, 15) is 27.9 Å². The first-order valence-electron chi connectivity index (χ1n) is 15.0.